The molecule has 1 amide bonds. The first-order chi connectivity index (χ1) is 17.5. The van der Waals surface area contributed by atoms with Crippen molar-refractivity contribution in [2.45, 2.75) is 58.1 Å². The van der Waals surface area contributed by atoms with E-state index in [1.807, 2.05) is 20.8 Å². The summed E-state index contributed by atoms with van der Waals surface area (Å²) in [5.41, 5.74) is 3.26. The number of phenols is 1. The average molecular weight is 527 g/mol. The van der Waals surface area contributed by atoms with Gasteiger partial charge in [-0.15, -0.1) is 0 Å². The number of phenolic OH excluding ortho intramolecular Hbond substituents is 1. The lowest BCUT2D eigenvalue weighted by Crippen LogP contribution is -2.74. The number of rotatable bonds is 5. The number of likely N-dealkylation sites (N-methyl/N-ethyl adjacent to an activating group) is 1. The van der Waals surface area contributed by atoms with Crippen molar-refractivity contribution in [2.24, 2.45) is 34.8 Å². The Morgan fingerprint density at radius 2 is 1.74 bits per heavy atom. The number of ketones is 5. The molecule has 204 valence electrons. The number of amides is 1. The third kappa shape index (κ3) is 4.19. The van der Waals surface area contributed by atoms with Gasteiger partial charge in [0.25, 0.3) is 0 Å². The van der Waals surface area contributed by atoms with Crippen LogP contribution >= 0.6 is 0 Å². The van der Waals surface area contributed by atoms with E-state index in [9.17, 15) is 39.0 Å². The second-order valence-electron chi connectivity index (χ2n) is 12.3. The van der Waals surface area contributed by atoms with Gasteiger partial charge in [0.05, 0.1) is 17.5 Å². The van der Waals surface area contributed by atoms with Gasteiger partial charge in [-0.25, -0.2) is 0 Å². The molecule has 38 heavy (non-hydrogen) atoms. The predicted molar refractivity (Wildman–Crippen MR) is 134 cm³/mol. The van der Waals surface area contributed by atoms with Crippen molar-refractivity contribution in [3.8, 4) is 5.75 Å². The zero-order chi connectivity index (χ0) is 28.5. The van der Waals surface area contributed by atoms with Crippen LogP contribution in [-0.2, 0) is 36.8 Å². The Morgan fingerprint density at radius 1 is 1.11 bits per heavy atom. The molecular weight excluding hydrogens is 492 g/mol. The van der Waals surface area contributed by atoms with Crippen molar-refractivity contribution in [2.75, 3.05) is 14.1 Å². The number of nitrogens with zero attached hydrogens (tertiary/aromatic N) is 1. The van der Waals surface area contributed by atoms with Crippen LogP contribution in [0, 0.1) is 29.1 Å². The molecule has 0 radical (unpaired) electrons. The summed E-state index contributed by atoms with van der Waals surface area (Å²) in [6.07, 6.45) is 0.461. The topological polar surface area (TPSA) is 172 Å². The van der Waals surface area contributed by atoms with Gasteiger partial charge < -0.3 is 15.9 Å². The Balaban J connectivity index is 1.80. The van der Waals surface area contributed by atoms with Crippen LogP contribution in [0.1, 0.15) is 55.1 Å². The summed E-state index contributed by atoms with van der Waals surface area (Å²) in [5.74, 6) is -10.9. The molecule has 1 aromatic rings. The van der Waals surface area contributed by atoms with Gasteiger partial charge in [0.15, 0.2) is 34.7 Å². The van der Waals surface area contributed by atoms with Crippen molar-refractivity contribution < 1.29 is 39.0 Å². The third-order valence-corrected chi connectivity index (χ3v) is 8.16. The van der Waals surface area contributed by atoms with Gasteiger partial charge in [-0.2, -0.15) is 0 Å². The predicted octanol–water partition coefficient (Wildman–Crippen LogP) is 0.415. The van der Waals surface area contributed by atoms with Crippen LogP contribution in [0.5, 0.6) is 5.75 Å². The van der Waals surface area contributed by atoms with Gasteiger partial charge in [-0.05, 0) is 55.5 Å². The van der Waals surface area contributed by atoms with Gasteiger partial charge >= 0.3 is 0 Å². The molecule has 2 saturated carbocycles. The van der Waals surface area contributed by atoms with E-state index in [2.05, 4.69) is 0 Å². The van der Waals surface area contributed by atoms with Crippen molar-refractivity contribution in [1.29, 1.82) is 0 Å². The molecule has 0 bridgehead atoms. The first-order valence-corrected chi connectivity index (χ1v) is 12.7. The van der Waals surface area contributed by atoms with Crippen LogP contribution in [0.25, 0.3) is 0 Å². The molecule has 0 aliphatic heterocycles. The lowest BCUT2D eigenvalue weighted by atomic mass is 9.52. The van der Waals surface area contributed by atoms with Crippen molar-refractivity contribution in [3.05, 3.63) is 28.8 Å². The second kappa shape index (κ2) is 9.20. The summed E-state index contributed by atoms with van der Waals surface area (Å²) in [5, 5.41) is 22.2. The van der Waals surface area contributed by atoms with Crippen LogP contribution in [0.4, 0.5) is 0 Å². The highest BCUT2D eigenvalue weighted by Crippen LogP contribution is 2.51. The maximum Gasteiger partial charge on any atom is 0.235 e. The smallest absolute Gasteiger partial charge is 0.235 e. The first kappa shape index (κ1) is 27.8. The minimum atomic E-state index is -2.76. The molecule has 0 spiro atoms. The Bertz CT molecular complexity index is 1280. The molecule has 4 rings (SSSR count). The van der Waals surface area contributed by atoms with E-state index in [1.165, 1.54) is 25.1 Å². The highest BCUT2D eigenvalue weighted by Gasteiger charge is 2.69. The molecule has 0 aromatic heterocycles. The largest absolute Gasteiger partial charge is 0.507 e. The maximum absolute atomic E-state index is 13.8. The lowest BCUT2D eigenvalue weighted by molar-refractivity contribution is -0.181. The maximum atomic E-state index is 13.8. The zero-order valence-corrected chi connectivity index (χ0v) is 22.2. The van der Waals surface area contributed by atoms with E-state index in [4.69, 9.17) is 5.73 Å². The van der Waals surface area contributed by atoms with Crippen molar-refractivity contribution >= 4 is 34.8 Å². The van der Waals surface area contributed by atoms with E-state index < -0.39 is 64.4 Å². The molecule has 0 heterocycles. The number of Topliss-reactive ketones (excluding diaryl/α,β-unsaturated/α-hetero) is 5. The summed E-state index contributed by atoms with van der Waals surface area (Å²) < 4.78 is 0. The van der Waals surface area contributed by atoms with Gasteiger partial charge in [0, 0.05) is 18.8 Å². The third-order valence-electron chi connectivity index (χ3n) is 8.16. The van der Waals surface area contributed by atoms with E-state index in [0.29, 0.717) is 17.5 Å². The quantitative estimate of drug-likeness (QED) is 0.460. The molecular formula is C28H34N2O8. The van der Waals surface area contributed by atoms with Crippen molar-refractivity contribution in [3.63, 3.8) is 0 Å². The molecule has 3 aliphatic carbocycles. The number of aromatic hydroxyl groups is 1. The normalized spacial score (nSPS) is 31.1. The monoisotopic (exact) mass is 526 g/mol. The minimum Gasteiger partial charge on any atom is -0.507 e. The fourth-order valence-corrected chi connectivity index (χ4v) is 6.70. The zero-order valence-electron chi connectivity index (χ0n) is 22.2. The van der Waals surface area contributed by atoms with Crippen LogP contribution in [-0.4, -0.2) is 75.7 Å². The molecule has 4 N–H and O–H groups in total. The molecule has 6 atom stereocenters. The Labute approximate surface area is 220 Å². The number of carbonyl (C=O) groups is 6. The first-order valence-electron chi connectivity index (χ1n) is 12.7. The highest BCUT2D eigenvalue weighted by molar-refractivity contribution is 6.32. The highest BCUT2D eigenvalue weighted by atomic mass is 16.3. The van der Waals surface area contributed by atoms with Crippen LogP contribution in [0.3, 0.4) is 0 Å². The second-order valence-corrected chi connectivity index (χ2v) is 12.3. The van der Waals surface area contributed by atoms with Gasteiger partial charge in [0.2, 0.25) is 5.91 Å². The molecule has 10 heteroatoms. The molecule has 10 nitrogen and oxygen atoms in total. The Hall–Kier alpha value is -3.24. The molecule has 3 aliphatic rings. The fourth-order valence-electron chi connectivity index (χ4n) is 6.70. The fraction of sp³-hybridized carbons (Fsp3) is 0.571. The number of nitrogens with two attached hydrogens (primary N) is 1. The summed E-state index contributed by atoms with van der Waals surface area (Å²) >= 11 is 0. The number of carbonyl (C=O) groups excluding carboxylic acids is 6. The molecule has 2 unspecified atom stereocenters. The van der Waals surface area contributed by atoms with Crippen LogP contribution in [0.15, 0.2) is 12.1 Å². The van der Waals surface area contributed by atoms with E-state index in [1.54, 1.807) is 6.07 Å². The minimum absolute atomic E-state index is 0.0328. The number of benzene rings is 1. The summed E-state index contributed by atoms with van der Waals surface area (Å²) in [6, 6.07) is 1.74. The lowest BCUT2D eigenvalue weighted by Gasteiger charge is -2.52. The van der Waals surface area contributed by atoms with Gasteiger partial charge in [0.1, 0.15) is 11.5 Å². The average Bonchev–Trinajstić information content (AvgIpc) is 2.76. The molecule has 1 aromatic carbocycles. The Kier molecular flexibility index (Phi) is 6.73. The van der Waals surface area contributed by atoms with Crippen LogP contribution in [0.2, 0.25) is 0 Å². The van der Waals surface area contributed by atoms with E-state index in [-0.39, 0.29) is 41.8 Å². The summed E-state index contributed by atoms with van der Waals surface area (Å²) in [7, 11) is 3.07. The number of hydrogen-bond acceptors (Lipinski definition) is 9. The number of hydrogen-bond donors (Lipinski definition) is 3. The summed E-state index contributed by atoms with van der Waals surface area (Å²) in [4.78, 5) is 80.2. The summed E-state index contributed by atoms with van der Waals surface area (Å²) in [6.45, 7) is 5.82. The SMILES string of the molecule is CN(C)[C@H]1C(=O)C(C(N)=O)C(=O)[C@]2(O)C(=O)C3C(=O)c4c(O)ccc(CC(=O)CC(C)(C)C)c4C[C@@H]3C[C@H]12. The molecule has 2 fully saturated rings. The van der Waals surface area contributed by atoms with Crippen molar-refractivity contribution in [1.82, 2.24) is 4.90 Å². The van der Waals surface area contributed by atoms with E-state index >= 15 is 0 Å². The standard InChI is InChI=1S/C28H34N2O8/c1-27(2,3)11-14(31)8-12-6-7-17(32)19-15(12)9-13-10-16-21(30(4)5)23(34)20(26(29)37)25(36)28(16,38)24(35)18(13)22(19)33/h6-7,13,16,18,20-21,32,38H,8-11H2,1-5H3,(H2,29,37)/t13-,16-,18?,20?,21-,28-/m1/s1. The number of primary amides is 1. The van der Waals surface area contributed by atoms with Crippen LogP contribution < -0.4 is 5.73 Å². The number of aliphatic hydroxyl groups is 1. The Morgan fingerprint density at radius 3 is 2.29 bits per heavy atom. The molecule has 0 saturated heterocycles. The van der Waals surface area contributed by atoms with E-state index in [0.717, 1.165) is 0 Å². The van der Waals surface area contributed by atoms with Gasteiger partial charge in [-0.3, -0.25) is 33.7 Å². The van der Waals surface area contributed by atoms with Gasteiger partial charge in [-0.1, -0.05) is 26.8 Å². The number of fused-ring (bicyclic) bond motifs is 3.